The van der Waals surface area contributed by atoms with Gasteiger partial charge >= 0.3 is 0 Å². The molecule has 4 aromatic rings. The molecule has 3 aromatic heterocycles. The zero-order chi connectivity index (χ0) is 19.7. The molecule has 0 aliphatic heterocycles. The quantitative estimate of drug-likeness (QED) is 0.480. The number of benzene rings is 1. The van der Waals surface area contributed by atoms with E-state index in [1.54, 1.807) is 24.4 Å². The van der Waals surface area contributed by atoms with Crippen LogP contribution in [0.2, 0.25) is 0 Å². The summed E-state index contributed by atoms with van der Waals surface area (Å²) in [5.74, 6) is 0.666. The second-order valence-electron chi connectivity index (χ2n) is 6.23. The van der Waals surface area contributed by atoms with Gasteiger partial charge in [0.15, 0.2) is 5.13 Å². The largest absolute Gasteiger partial charge is 0.497 e. The van der Waals surface area contributed by atoms with Crippen LogP contribution in [0.3, 0.4) is 0 Å². The molecule has 4 rings (SSSR count). The lowest BCUT2D eigenvalue weighted by atomic mass is 10.2. The molecule has 3 heterocycles. The van der Waals surface area contributed by atoms with Crippen molar-refractivity contribution in [2.24, 2.45) is 0 Å². The first-order valence-electron chi connectivity index (χ1n) is 8.64. The Kier molecular flexibility index (Phi) is 5.06. The van der Waals surface area contributed by atoms with Crippen molar-refractivity contribution >= 4 is 43.9 Å². The standard InChI is InChI=1S/C20H18N4O2S2/c1-12-18(27-13(2)22-12)19(25)24(11-14-5-4-8-21-10-14)20-23-16-7-6-15(26-3)9-17(16)28-20/h4-10H,11H2,1-3H3. The molecule has 0 bridgehead atoms. The summed E-state index contributed by atoms with van der Waals surface area (Å²) in [5.41, 5.74) is 2.51. The number of aromatic nitrogens is 3. The summed E-state index contributed by atoms with van der Waals surface area (Å²) in [6.45, 7) is 4.16. The summed E-state index contributed by atoms with van der Waals surface area (Å²) >= 11 is 2.88. The van der Waals surface area contributed by atoms with Gasteiger partial charge in [0.05, 0.1) is 34.6 Å². The van der Waals surface area contributed by atoms with Crippen molar-refractivity contribution in [3.05, 3.63) is 63.9 Å². The van der Waals surface area contributed by atoms with Crippen LogP contribution in [0.25, 0.3) is 10.2 Å². The fourth-order valence-electron chi connectivity index (χ4n) is 2.89. The zero-order valence-electron chi connectivity index (χ0n) is 15.7. The van der Waals surface area contributed by atoms with E-state index >= 15 is 0 Å². The Hall–Kier alpha value is -2.84. The van der Waals surface area contributed by atoms with Gasteiger partial charge in [-0.2, -0.15) is 0 Å². The average molecular weight is 411 g/mol. The lowest BCUT2D eigenvalue weighted by Crippen LogP contribution is -2.30. The lowest BCUT2D eigenvalue weighted by molar-refractivity contribution is 0.0988. The molecule has 142 valence electrons. The predicted octanol–water partition coefficient (Wildman–Crippen LogP) is 4.62. The van der Waals surface area contributed by atoms with E-state index in [1.807, 2.05) is 44.2 Å². The molecule has 28 heavy (non-hydrogen) atoms. The van der Waals surface area contributed by atoms with Crippen molar-refractivity contribution in [2.75, 3.05) is 12.0 Å². The van der Waals surface area contributed by atoms with Crippen LogP contribution in [0.4, 0.5) is 5.13 Å². The van der Waals surface area contributed by atoms with Gasteiger partial charge in [-0.15, -0.1) is 11.3 Å². The summed E-state index contributed by atoms with van der Waals surface area (Å²) < 4.78 is 6.27. The molecular weight excluding hydrogens is 392 g/mol. The zero-order valence-corrected chi connectivity index (χ0v) is 17.3. The van der Waals surface area contributed by atoms with Crippen LogP contribution in [0.1, 0.15) is 25.9 Å². The molecule has 0 aliphatic carbocycles. The highest BCUT2D eigenvalue weighted by Crippen LogP contribution is 2.33. The predicted molar refractivity (Wildman–Crippen MR) is 113 cm³/mol. The third-order valence-corrected chi connectivity index (χ3v) is 6.32. The number of pyridine rings is 1. The molecule has 1 amide bonds. The van der Waals surface area contributed by atoms with Crippen LogP contribution in [0.15, 0.2) is 42.7 Å². The molecular formula is C20H18N4O2S2. The van der Waals surface area contributed by atoms with Crippen LogP contribution in [0, 0.1) is 13.8 Å². The number of nitrogens with zero attached hydrogens (tertiary/aromatic N) is 4. The van der Waals surface area contributed by atoms with Crippen molar-refractivity contribution in [3.8, 4) is 5.75 Å². The molecule has 0 atom stereocenters. The average Bonchev–Trinajstić information content (AvgIpc) is 3.27. The van der Waals surface area contributed by atoms with Gasteiger partial charge in [0.2, 0.25) is 0 Å². The molecule has 0 fully saturated rings. The normalized spacial score (nSPS) is 11.0. The highest BCUT2D eigenvalue weighted by molar-refractivity contribution is 7.22. The van der Waals surface area contributed by atoms with E-state index in [-0.39, 0.29) is 5.91 Å². The number of aryl methyl sites for hydroxylation is 2. The number of anilines is 1. The summed E-state index contributed by atoms with van der Waals surface area (Å²) in [6.07, 6.45) is 3.48. The van der Waals surface area contributed by atoms with E-state index < -0.39 is 0 Å². The number of ether oxygens (including phenoxy) is 1. The van der Waals surface area contributed by atoms with Crippen molar-refractivity contribution < 1.29 is 9.53 Å². The Morgan fingerprint density at radius 1 is 1.18 bits per heavy atom. The minimum atomic E-state index is -0.0991. The number of fused-ring (bicyclic) bond motifs is 1. The van der Waals surface area contributed by atoms with Crippen molar-refractivity contribution in [1.82, 2.24) is 15.0 Å². The van der Waals surface area contributed by atoms with Gasteiger partial charge in [-0.25, -0.2) is 9.97 Å². The fraction of sp³-hybridized carbons (Fsp3) is 0.200. The minimum Gasteiger partial charge on any atom is -0.497 e. The molecule has 0 unspecified atom stereocenters. The highest BCUT2D eigenvalue weighted by atomic mass is 32.1. The molecule has 0 spiro atoms. The Labute approximate surface area is 170 Å². The maximum Gasteiger partial charge on any atom is 0.272 e. The smallest absolute Gasteiger partial charge is 0.272 e. The molecule has 0 saturated carbocycles. The molecule has 0 radical (unpaired) electrons. The van der Waals surface area contributed by atoms with E-state index in [4.69, 9.17) is 9.72 Å². The topological polar surface area (TPSA) is 68.2 Å². The first kappa shape index (κ1) is 18.5. The van der Waals surface area contributed by atoms with Crippen LogP contribution >= 0.6 is 22.7 Å². The summed E-state index contributed by atoms with van der Waals surface area (Å²) in [6, 6.07) is 9.53. The summed E-state index contributed by atoms with van der Waals surface area (Å²) in [5, 5.41) is 1.51. The number of hydrogen-bond donors (Lipinski definition) is 0. The van der Waals surface area contributed by atoms with E-state index in [1.165, 1.54) is 22.7 Å². The van der Waals surface area contributed by atoms with E-state index in [2.05, 4.69) is 9.97 Å². The fourth-order valence-corrected chi connectivity index (χ4v) is 4.75. The Morgan fingerprint density at radius 2 is 2.04 bits per heavy atom. The number of carbonyl (C=O) groups is 1. The SMILES string of the molecule is COc1ccc2nc(N(Cc3cccnc3)C(=O)c3sc(C)nc3C)sc2c1. The third kappa shape index (κ3) is 3.61. The number of hydrogen-bond acceptors (Lipinski definition) is 7. The summed E-state index contributed by atoms with van der Waals surface area (Å²) in [4.78, 5) is 29.0. The minimum absolute atomic E-state index is 0.0991. The molecule has 0 aliphatic rings. The number of amides is 1. The highest BCUT2D eigenvalue weighted by Gasteiger charge is 2.25. The summed E-state index contributed by atoms with van der Waals surface area (Å²) in [7, 11) is 1.64. The van der Waals surface area contributed by atoms with Gasteiger partial charge in [-0.05, 0) is 43.7 Å². The number of methoxy groups -OCH3 is 1. The van der Waals surface area contributed by atoms with Crippen molar-refractivity contribution in [3.63, 3.8) is 0 Å². The first-order chi connectivity index (χ1) is 13.5. The van der Waals surface area contributed by atoms with E-state index in [9.17, 15) is 4.79 Å². The van der Waals surface area contributed by atoms with E-state index in [0.29, 0.717) is 16.6 Å². The van der Waals surface area contributed by atoms with E-state index in [0.717, 1.165) is 32.2 Å². The second-order valence-corrected chi connectivity index (χ2v) is 8.44. The first-order valence-corrected chi connectivity index (χ1v) is 10.3. The third-order valence-electron chi connectivity index (χ3n) is 4.22. The number of carbonyl (C=O) groups excluding carboxylic acids is 1. The molecule has 8 heteroatoms. The van der Waals surface area contributed by atoms with Gasteiger partial charge in [0.25, 0.3) is 5.91 Å². The van der Waals surface area contributed by atoms with Gasteiger partial charge < -0.3 is 4.74 Å². The van der Waals surface area contributed by atoms with Crippen LogP contribution in [-0.4, -0.2) is 28.0 Å². The molecule has 0 N–H and O–H groups in total. The second kappa shape index (κ2) is 7.65. The van der Waals surface area contributed by atoms with Gasteiger partial charge in [0.1, 0.15) is 10.6 Å². The Bertz CT molecular complexity index is 1140. The van der Waals surface area contributed by atoms with Crippen LogP contribution < -0.4 is 9.64 Å². The lowest BCUT2D eigenvalue weighted by Gasteiger charge is -2.19. The van der Waals surface area contributed by atoms with Gasteiger partial charge in [-0.1, -0.05) is 17.4 Å². The maximum absolute atomic E-state index is 13.4. The Balaban J connectivity index is 1.78. The van der Waals surface area contributed by atoms with Crippen LogP contribution in [-0.2, 0) is 6.54 Å². The van der Waals surface area contributed by atoms with Crippen molar-refractivity contribution in [1.29, 1.82) is 0 Å². The maximum atomic E-state index is 13.4. The van der Waals surface area contributed by atoms with Gasteiger partial charge in [-0.3, -0.25) is 14.7 Å². The van der Waals surface area contributed by atoms with Gasteiger partial charge in [0, 0.05) is 12.4 Å². The molecule has 0 saturated heterocycles. The van der Waals surface area contributed by atoms with Crippen LogP contribution in [0.5, 0.6) is 5.75 Å². The molecule has 1 aromatic carbocycles. The number of thiazole rings is 2. The number of rotatable bonds is 5. The monoisotopic (exact) mass is 410 g/mol. The van der Waals surface area contributed by atoms with Crippen molar-refractivity contribution in [2.45, 2.75) is 20.4 Å². The Morgan fingerprint density at radius 3 is 2.71 bits per heavy atom. The molecule has 6 nitrogen and oxygen atoms in total.